The summed E-state index contributed by atoms with van der Waals surface area (Å²) in [4.78, 5) is 0. The van der Waals surface area contributed by atoms with Gasteiger partial charge in [-0.3, -0.25) is 0 Å². The third kappa shape index (κ3) is 4.59. The van der Waals surface area contributed by atoms with Crippen molar-refractivity contribution in [1.82, 2.24) is 9.78 Å². The van der Waals surface area contributed by atoms with Gasteiger partial charge in [-0.15, -0.1) is 0 Å². The number of benzene rings is 2. The van der Waals surface area contributed by atoms with E-state index in [1.807, 2.05) is 30.5 Å². The van der Waals surface area contributed by atoms with Crippen LogP contribution in [0.1, 0.15) is 55.3 Å². The predicted molar refractivity (Wildman–Crippen MR) is 101 cm³/mol. The molecule has 5 heteroatoms. The van der Waals surface area contributed by atoms with E-state index in [0.717, 1.165) is 30.7 Å². The minimum absolute atomic E-state index is 0.302. The van der Waals surface area contributed by atoms with Gasteiger partial charge >= 0.3 is 6.18 Å². The predicted octanol–water partition coefficient (Wildman–Crippen LogP) is 6.58. The van der Waals surface area contributed by atoms with Crippen LogP contribution in [0.4, 0.5) is 13.2 Å². The van der Waals surface area contributed by atoms with Crippen LogP contribution in [0.3, 0.4) is 0 Å². The van der Waals surface area contributed by atoms with Gasteiger partial charge in [0.1, 0.15) is 0 Å². The van der Waals surface area contributed by atoms with Crippen LogP contribution in [0.25, 0.3) is 5.69 Å². The first-order chi connectivity index (χ1) is 12.9. The SMILES string of the molecule is CCC(C[C@H](C)c1ccccc1)c1ccn(-c2ccc(C(F)(F)F)cc2)n1. The van der Waals surface area contributed by atoms with Crippen molar-refractivity contribution in [1.29, 1.82) is 0 Å². The molecule has 0 saturated heterocycles. The number of halogens is 3. The average molecular weight is 372 g/mol. The molecule has 2 nitrogen and oxygen atoms in total. The normalized spacial score (nSPS) is 14.1. The maximum Gasteiger partial charge on any atom is 0.416 e. The van der Waals surface area contributed by atoms with E-state index in [1.54, 1.807) is 4.68 Å². The van der Waals surface area contributed by atoms with Crippen molar-refractivity contribution >= 4 is 0 Å². The van der Waals surface area contributed by atoms with Gasteiger partial charge in [-0.2, -0.15) is 18.3 Å². The van der Waals surface area contributed by atoms with Gasteiger partial charge in [0, 0.05) is 12.1 Å². The second-order valence-electron chi connectivity index (χ2n) is 6.88. The zero-order chi connectivity index (χ0) is 19.4. The van der Waals surface area contributed by atoms with Gasteiger partial charge in [-0.25, -0.2) is 4.68 Å². The standard InChI is InChI=1S/C22H23F3N2/c1-3-17(15-16(2)18-7-5-4-6-8-18)21-13-14-27(26-21)20-11-9-19(10-12-20)22(23,24)25/h4-14,16-17H,3,15H2,1-2H3/t16-,17?/m0/s1. The van der Waals surface area contributed by atoms with E-state index in [2.05, 4.69) is 31.1 Å². The molecule has 0 bridgehead atoms. The first-order valence-corrected chi connectivity index (χ1v) is 9.16. The van der Waals surface area contributed by atoms with E-state index in [4.69, 9.17) is 0 Å². The second-order valence-corrected chi connectivity index (χ2v) is 6.88. The lowest BCUT2D eigenvalue weighted by atomic mass is 9.87. The minimum atomic E-state index is -4.32. The first kappa shape index (κ1) is 19.2. The quantitative estimate of drug-likeness (QED) is 0.478. The van der Waals surface area contributed by atoms with Crippen molar-refractivity contribution in [3.8, 4) is 5.69 Å². The molecule has 0 spiro atoms. The molecule has 142 valence electrons. The van der Waals surface area contributed by atoms with Crippen LogP contribution in [0.15, 0.2) is 66.9 Å². The van der Waals surface area contributed by atoms with Crippen LogP contribution >= 0.6 is 0 Å². The molecule has 3 rings (SSSR count). The van der Waals surface area contributed by atoms with E-state index >= 15 is 0 Å². The summed E-state index contributed by atoms with van der Waals surface area (Å²) < 4.78 is 39.8. The number of alkyl halides is 3. The summed E-state index contributed by atoms with van der Waals surface area (Å²) in [5.74, 6) is 0.711. The van der Waals surface area contributed by atoms with Gasteiger partial charge in [-0.05, 0) is 54.7 Å². The molecule has 0 aliphatic carbocycles. The Kier molecular flexibility index (Phi) is 5.68. The molecule has 27 heavy (non-hydrogen) atoms. The van der Waals surface area contributed by atoms with Crippen molar-refractivity contribution in [2.24, 2.45) is 0 Å². The van der Waals surface area contributed by atoms with E-state index in [1.165, 1.54) is 17.7 Å². The van der Waals surface area contributed by atoms with E-state index in [9.17, 15) is 13.2 Å². The van der Waals surface area contributed by atoms with E-state index < -0.39 is 11.7 Å². The molecule has 2 atom stereocenters. The molecule has 0 radical (unpaired) electrons. The largest absolute Gasteiger partial charge is 0.416 e. The molecule has 2 aromatic carbocycles. The van der Waals surface area contributed by atoms with Crippen LogP contribution in [0.5, 0.6) is 0 Å². The van der Waals surface area contributed by atoms with Crippen LogP contribution in [-0.2, 0) is 6.18 Å². The Bertz CT molecular complexity index is 851. The molecular weight excluding hydrogens is 349 g/mol. The highest BCUT2D eigenvalue weighted by molar-refractivity contribution is 5.35. The van der Waals surface area contributed by atoms with Crippen molar-refractivity contribution in [2.45, 2.75) is 44.7 Å². The van der Waals surface area contributed by atoms with Gasteiger partial charge in [0.25, 0.3) is 0 Å². The fraction of sp³-hybridized carbons (Fsp3) is 0.318. The molecule has 0 fully saturated rings. The highest BCUT2D eigenvalue weighted by atomic mass is 19.4. The van der Waals surface area contributed by atoms with Crippen molar-refractivity contribution in [2.75, 3.05) is 0 Å². The maximum atomic E-state index is 12.7. The lowest BCUT2D eigenvalue weighted by molar-refractivity contribution is -0.137. The summed E-state index contributed by atoms with van der Waals surface area (Å²) >= 11 is 0. The number of aromatic nitrogens is 2. The van der Waals surface area contributed by atoms with Crippen molar-refractivity contribution in [3.63, 3.8) is 0 Å². The Morgan fingerprint density at radius 2 is 1.63 bits per heavy atom. The summed E-state index contributed by atoms with van der Waals surface area (Å²) in [5.41, 5.74) is 2.25. The fourth-order valence-electron chi connectivity index (χ4n) is 3.34. The third-order valence-corrected chi connectivity index (χ3v) is 4.99. The van der Waals surface area contributed by atoms with Gasteiger partial charge in [0.2, 0.25) is 0 Å². The molecular formula is C22H23F3N2. The van der Waals surface area contributed by atoms with E-state index in [0.29, 0.717) is 17.5 Å². The van der Waals surface area contributed by atoms with Gasteiger partial charge in [0.15, 0.2) is 0 Å². The van der Waals surface area contributed by atoms with Gasteiger partial charge in [-0.1, -0.05) is 44.2 Å². The molecule has 0 amide bonds. The number of hydrogen-bond donors (Lipinski definition) is 0. The van der Waals surface area contributed by atoms with Crippen LogP contribution in [0, 0.1) is 0 Å². The molecule has 3 aromatic rings. The Morgan fingerprint density at radius 3 is 2.22 bits per heavy atom. The topological polar surface area (TPSA) is 17.8 Å². The smallest absolute Gasteiger partial charge is 0.241 e. The van der Waals surface area contributed by atoms with Gasteiger partial charge in [0.05, 0.1) is 16.9 Å². The molecule has 0 aliphatic heterocycles. The fourth-order valence-corrected chi connectivity index (χ4v) is 3.34. The van der Waals surface area contributed by atoms with Gasteiger partial charge < -0.3 is 0 Å². The number of hydrogen-bond acceptors (Lipinski definition) is 1. The monoisotopic (exact) mass is 372 g/mol. The Balaban J connectivity index is 1.75. The zero-order valence-electron chi connectivity index (χ0n) is 15.4. The summed E-state index contributed by atoms with van der Waals surface area (Å²) in [7, 11) is 0. The van der Waals surface area contributed by atoms with Crippen LogP contribution in [-0.4, -0.2) is 9.78 Å². The van der Waals surface area contributed by atoms with Crippen molar-refractivity contribution in [3.05, 3.63) is 83.7 Å². The second kappa shape index (κ2) is 7.99. The Labute approximate surface area is 157 Å². The number of rotatable bonds is 6. The zero-order valence-corrected chi connectivity index (χ0v) is 15.4. The van der Waals surface area contributed by atoms with Crippen LogP contribution < -0.4 is 0 Å². The third-order valence-electron chi connectivity index (χ3n) is 4.99. The lowest BCUT2D eigenvalue weighted by Crippen LogP contribution is -2.06. The van der Waals surface area contributed by atoms with Crippen molar-refractivity contribution < 1.29 is 13.2 Å². The first-order valence-electron chi connectivity index (χ1n) is 9.16. The Hall–Kier alpha value is -2.56. The average Bonchev–Trinajstić information content (AvgIpc) is 3.16. The maximum absolute atomic E-state index is 12.7. The van der Waals surface area contributed by atoms with E-state index in [-0.39, 0.29) is 0 Å². The van der Waals surface area contributed by atoms with Crippen LogP contribution in [0.2, 0.25) is 0 Å². The summed E-state index contributed by atoms with van der Waals surface area (Å²) in [6.07, 6.45) is -0.575. The molecule has 0 aliphatic rings. The summed E-state index contributed by atoms with van der Waals surface area (Å²) in [6.45, 7) is 4.35. The highest BCUT2D eigenvalue weighted by Crippen LogP contribution is 2.32. The highest BCUT2D eigenvalue weighted by Gasteiger charge is 2.30. The summed E-state index contributed by atoms with van der Waals surface area (Å²) in [6, 6.07) is 17.4. The molecule has 0 saturated carbocycles. The summed E-state index contributed by atoms with van der Waals surface area (Å²) in [5, 5.41) is 4.63. The lowest BCUT2D eigenvalue weighted by Gasteiger charge is -2.18. The molecule has 1 aromatic heterocycles. The molecule has 0 N–H and O–H groups in total. The molecule has 1 heterocycles. The Morgan fingerprint density at radius 1 is 0.963 bits per heavy atom. The molecule has 1 unspecified atom stereocenters. The minimum Gasteiger partial charge on any atom is -0.241 e. The number of nitrogens with zero attached hydrogens (tertiary/aromatic N) is 2.